The van der Waals surface area contributed by atoms with Gasteiger partial charge in [0.25, 0.3) is 5.91 Å². The Kier molecular flexibility index (Phi) is 4.78. The van der Waals surface area contributed by atoms with Crippen molar-refractivity contribution in [1.82, 2.24) is 0 Å². The van der Waals surface area contributed by atoms with Crippen LogP contribution in [0.4, 0.5) is 18.9 Å². The third-order valence-electron chi connectivity index (χ3n) is 3.06. The maximum Gasteiger partial charge on any atom is 0.416 e. The van der Waals surface area contributed by atoms with Gasteiger partial charge in [0.15, 0.2) is 0 Å². The monoisotopic (exact) mass is 325 g/mol. The second-order valence-electron chi connectivity index (χ2n) is 4.63. The summed E-state index contributed by atoms with van der Waals surface area (Å²) in [5.41, 5.74) is -0.580. The number of benzene rings is 2. The number of nitrogens with one attached hydrogen (secondary N) is 1. The molecular weight excluding hydrogens is 311 g/mol. The number of hydrogen-bond donors (Lipinski definition) is 1. The van der Waals surface area contributed by atoms with Crippen LogP contribution in [0.5, 0.6) is 11.5 Å². The number of hydrogen-bond acceptors (Lipinski definition) is 3. The van der Waals surface area contributed by atoms with Gasteiger partial charge in [-0.3, -0.25) is 4.79 Å². The van der Waals surface area contributed by atoms with Crippen LogP contribution in [-0.2, 0) is 6.18 Å². The van der Waals surface area contributed by atoms with Gasteiger partial charge in [-0.1, -0.05) is 6.07 Å². The maximum absolute atomic E-state index is 12.7. The zero-order valence-electron chi connectivity index (χ0n) is 12.4. The Morgan fingerprint density at radius 3 is 2.13 bits per heavy atom. The molecule has 2 aromatic rings. The van der Waals surface area contributed by atoms with E-state index in [1.165, 1.54) is 38.5 Å². The Morgan fingerprint density at radius 2 is 1.61 bits per heavy atom. The summed E-state index contributed by atoms with van der Waals surface area (Å²) < 4.78 is 48.1. The summed E-state index contributed by atoms with van der Waals surface area (Å²) in [7, 11) is 2.87. The first-order valence-electron chi connectivity index (χ1n) is 6.55. The molecule has 2 aromatic carbocycles. The van der Waals surface area contributed by atoms with Gasteiger partial charge in [0, 0.05) is 17.3 Å². The molecule has 2 rings (SSSR count). The average molecular weight is 325 g/mol. The summed E-state index contributed by atoms with van der Waals surface area (Å²) in [6, 6.07) is 8.92. The normalized spacial score (nSPS) is 11.0. The third kappa shape index (κ3) is 4.15. The van der Waals surface area contributed by atoms with Crippen LogP contribution in [-0.4, -0.2) is 20.1 Å². The molecule has 0 bridgehead atoms. The summed E-state index contributed by atoms with van der Waals surface area (Å²) in [4.78, 5) is 12.2. The Hall–Kier alpha value is -2.70. The van der Waals surface area contributed by atoms with E-state index >= 15 is 0 Å². The second-order valence-corrected chi connectivity index (χ2v) is 4.63. The van der Waals surface area contributed by atoms with Gasteiger partial charge >= 0.3 is 6.18 Å². The van der Waals surface area contributed by atoms with Crippen molar-refractivity contribution in [2.45, 2.75) is 6.18 Å². The zero-order chi connectivity index (χ0) is 17.0. The van der Waals surface area contributed by atoms with Crippen LogP contribution in [0, 0.1) is 0 Å². The number of alkyl halides is 3. The Morgan fingerprint density at radius 1 is 1.00 bits per heavy atom. The summed E-state index contributed by atoms with van der Waals surface area (Å²) in [5.74, 6) is 0.235. The molecule has 0 atom stereocenters. The molecule has 0 aliphatic carbocycles. The Labute approximate surface area is 130 Å². The second kappa shape index (κ2) is 6.60. The first-order valence-corrected chi connectivity index (χ1v) is 6.55. The SMILES string of the molecule is COc1cc(OC)cc(C(=O)Nc2cccc(C(F)(F)F)c2)c1. The van der Waals surface area contributed by atoms with Gasteiger partial charge in [-0.05, 0) is 30.3 Å². The summed E-state index contributed by atoms with van der Waals surface area (Å²) in [5, 5.41) is 2.42. The van der Waals surface area contributed by atoms with Crippen LogP contribution in [0.25, 0.3) is 0 Å². The zero-order valence-corrected chi connectivity index (χ0v) is 12.4. The van der Waals surface area contributed by atoms with Gasteiger partial charge in [0.1, 0.15) is 11.5 Å². The predicted molar refractivity (Wildman–Crippen MR) is 78.9 cm³/mol. The highest BCUT2D eigenvalue weighted by Crippen LogP contribution is 2.31. The fourth-order valence-electron chi connectivity index (χ4n) is 1.92. The van der Waals surface area contributed by atoms with Gasteiger partial charge < -0.3 is 14.8 Å². The predicted octanol–water partition coefficient (Wildman–Crippen LogP) is 3.97. The fraction of sp³-hybridized carbons (Fsp3) is 0.188. The molecule has 23 heavy (non-hydrogen) atoms. The van der Waals surface area contributed by atoms with E-state index in [1.54, 1.807) is 6.07 Å². The molecule has 7 heteroatoms. The lowest BCUT2D eigenvalue weighted by molar-refractivity contribution is -0.137. The summed E-state index contributed by atoms with van der Waals surface area (Å²) in [6.45, 7) is 0. The van der Waals surface area contributed by atoms with Gasteiger partial charge in [-0.15, -0.1) is 0 Å². The standard InChI is InChI=1S/C16H14F3NO3/c1-22-13-6-10(7-14(9-13)23-2)15(21)20-12-5-3-4-11(8-12)16(17,18)19/h3-9H,1-2H3,(H,20,21). The highest BCUT2D eigenvalue weighted by Gasteiger charge is 2.30. The fourth-order valence-corrected chi connectivity index (χ4v) is 1.92. The van der Waals surface area contributed by atoms with E-state index in [9.17, 15) is 18.0 Å². The van der Waals surface area contributed by atoms with Crippen LogP contribution in [0.1, 0.15) is 15.9 Å². The molecule has 0 spiro atoms. The van der Waals surface area contributed by atoms with Crippen LogP contribution < -0.4 is 14.8 Å². The quantitative estimate of drug-likeness (QED) is 0.925. The number of ether oxygens (including phenoxy) is 2. The van der Waals surface area contributed by atoms with E-state index in [4.69, 9.17) is 9.47 Å². The van der Waals surface area contributed by atoms with Crippen molar-refractivity contribution in [1.29, 1.82) is 0 Å². The first-order chi connectivity index (χ1) is 10.8. The number of methoxy groups -OCH3 is 2. The maximum atomic E-state index is 12.7. The van der Waals surface area contributed by atoms with Gasteiger partial charge in [-0.2, -0.15) is 13.2 Å². The number of halogens is 3. The highest BCUT2D eigenvalue weighted by molar-refractivity contribution is 6.04. The minimum absolute atomic E-state index is 0.0478. The number of rotatable bonds is 4. The molecule has 0 radical (unpaired) electrons. The molecule has 4 nitrogen and oxygen atoms in total. The van der Waals surface area contributed by atoms with Crippen molar-refractivity contribution in [3.8, 4) is 11.5 Å². The smallest absolute Gasteiger partial charge is 0.416 e. The number of amides is 1. The van der Waals surface area contributed by atoms with Crippen molar-refractivity contribution in [2.75, 3.05) is 19.5 Å². The van der Waals surface area contributed by atoms with E-state index in [0.717, 1.165) is 12.1 Å². The lowest BCUT2D eigenvalue weighted by Crippen LogP contribution is -2.13. The lowest BCUT2D eigenvalue weighted by atomic mass is 10.1. The molecule has 0 aliphatic heterocycles. The largest absolute Gasteiger partial charge is 0.497 e. The minimum Gasteiger partial charge on any atom is -0.497 e. The third-order valence-corrected chi connectivity index (χ3v) is 3.06. The van der Waals surface area contributed by atoms with Gasteiger partial charge in [0.2, 0.25) is 0 Å². The molecule has 1 N–H and O–H groups in total. The molecule has 0 aliphatic rings. The molecule has 0 saturated carbocycles. The van der Waals surface area contributed by atoms with Crippen LogP contribution >= 0.6 is 0 Å². The molecular formula is C16H14F3NO3. The average Bonchev–Trinajstić information content (AvgIpc) is 2.53. The van der Waals surface area contributed by atoms with Crippen LogP contribution in [0.2, 0.25) is 0 Å². The molecule has 1 amide bonds. The first kappa shape index (κ1) is 16.7. The number of anilines is 1. The topological polar surface area (TPSA) is 47.6 Å². The van der Waals surface area contributed by atoms with E-state index in [0.29, 0.717) is 11.5 Å². The van der Waals surface area contributed by atoms with Gasteiger partial charge in [-0.25, -0.2) is 0 Å². The number of carbonyl (C=O) groups is 1. The van der Waals surface area contributed by atoms with E-state index in [-0.39, 0.29) is 11.3 Å². The highest BCUT2D eigenvalue weighted by atomic mass is 19.4. The summed E-state index contributed by atoms with van der Waals surface area (Å²) in [6.07, 6.45) is -4.47. The minimum atomic E-state index is -4.47. The molecule has 0 aromatic heterocycles. The van der Waals surface area contributed by atoms with Crippen molar-refractivity contribution >= 4 is 11.6 Å². The molecule has 0 unspecified atom stereocenters. The van der Waals surface area contributed by atoms with Crippen molar-refractivity contribution in [3.63, 3.8) is 0 Å². The Bertz CT molecular complexity index is 692. The molecule has 122 valence electrons. The van der Waals surface area contributed by atoms with Crippen LogP contribution in [0.3, 0.4) is 0 Å². The molecule has 0 heterocycles. The Balaban J connectivity index is 2.26. The molecule has 0 fully saturated rings. The van der Waals surface area contributed by atoms with Crippen molar-refractivity contribution in [3.05, 3.63) is 53.6 Å². The van der Waals surface area contributed by atoms with Crippen molar-refractivity contribution < 1.29 is 27.4 Å². The van der Waals surface area contributed by atoms with E-state index in [1.807, 2.05) is 0 Å². The van der Waals surface area contributed by atoms with Crippen molar-refractivity contribution in [2.24, 2.45) is 0 Å². The lowest BCUT2D eigenvalue weighted by Gasteiger charge is -2.11. The molecule has 0 saturated heterocycles. The van der Waals surface area contributed by atoms with E-state index < -0.39 is 17.6 Å². The van der Waals surface area contributed by atoms with Crippen LogP contribution in [0.15, 0.2) is 42.5 Å². The van der Waals surface area contributed by atoms with E-state index in [2.05, 4.69) is 5.32 Å². The number of carbonyl (C=O) groups excluding carboxylic acids is 1. The summed E-state index contributed by atoms with van der Waals surface area (Å²) >= 11 is 0. The van der Waals surface area contributed by atoms with Gasteiger partial charge in [0.05, 0.1) is 19.8 Å².